The summed E-state index contributed by atoms with van der Waals surface area (Å²) < 4.78 is 0.616. The molecule has 0 spiro atoms. The molecule has 5 nitrogen and oxygen atoms in total. The summed E-state index contributed by atoms with van der Waals surface area (Å²) in [5.74, 6) is -0.277. The van der Waals surface area contributed by atoms with Crippen LogP contribution in [0.15, 0.2) is 11.1 Å². The molecule has 7 heteroatoms. The Labute approximate surface area is 122 Å². The van der Waals surface area contributed by atoms with Crippen LogP contribution in [0.2, 0.25) is 0 Å². The van der Waals surface area contributed by atoms with Gasteiger partial charge >= 0.3 is 0 Å². The van der Waals surface area contributed by atoms with Crippen LogP contribution in [0.25, 0.3) is 0 Å². The summed E-state index contributed by atoms with van der Waals surface area (Å²) in [5.41, 5.74) is 5.30. The van der Waals surface area contributed by atoms with Crippen LogP contribution in [0, 0.1) is 5.92 Å². The molecule has 0 radical (unpaired) electrons. The fourth-order valence-corrected chi connectivity index (χ4v) is 3.63. The normalized spacial score (nSPS) is 23.5. The molecule has 0 aromatic rings. The fourth-order valence-electron chi connectivity index (χ4n) is 2.24. The summed E-state index contributed by atoms with van der Waals surface area (Å²) in [7, 11) is 0. The molecular formula is C12H17N3O2S2. The van der Waals surface area contributed by atoms with Gasteiger partial charge in [0, 0.05) is 31.8 Å². The second kappa shape index (κ2) is 5.92. The molecule has 19 heavy (non-hydrogen) atoms. The molecule has 2 aliphatic heterocycles. The van der Waals surface area contributed by atoms with Crippen molar-refractivity contribution in [2.75, 3.05) is 19.6 Å². The van der Waals surface area contributed by atoms with Gasteiger partial charge in [0.15, 0.2) is 0 Å². The zero-order valence-corrected chi connectivity index (χ0v) is 12.4. The Bertz CT molecular complexity index is 442. The van der Waals surface area contributed by atoms with E-state index < -0.39 is 0 Å². The van der Waals surface area contributed by atoms with Crippen LogP contribution in [0.1, 0.15) is 19.8 Å². The SMILES string of the molecule is CCN1C(=O)C(=CN2CCC(C(N)=O)CC2)SC1=S. The largest absolute Gasteiger partial charge is 0.376 e. The first-order chi connectivity index (χ1) is 9.02. The number of amides is 2. The Morgan fingerprint density at radius 3 is 2.63 bits per heavy atom. The lowest BCUT2D eigenvalue weighted by molar-refractivity contribution is -0.123. The summed E-state index contributed by atoms with van der Waals surface area (Å²) in [6.45, 7) is 4.02. The van der Waals surface area contributed by atoms with Gasteiger partial charge in [-0.25, -0.2) is 0 Å². The summed E-state index contributed by atoms with van der Waals surface area (Å²) in [4.78, 5) is 27.5. The van der Waals surface area contributed by atoms with Crippen LogP contribution in [0.5, 0.6) is 0 Å². The highest BCUT2D eigenvalue weighted by atomic mass is 32.2. The summed E-state index contributed by atoms with van der Waals surface area (Å²) in [6, 6.07) is 0. The second-order valence-corrected chi connectivity index (χ2v) is 6.30. The minimum atomic E-state index is -0.225. The number of thioether (sulfide) groups is 1. The first-order valence-electron chi connectivity index (χ1n) is 6.31. The average molecular weight is 299 g/mol. The number of carbonyl (C=O) groups is 2. The molecule has 2 N–H and O–H groups in total. The van der Waals surface area contributed by atoms with E-state index >= 15 is 0 Å². The maximum Gasteiger partial charge on any atom is 0.267 e. The van der Waals surface area contributed by atoms with Crippen molar-refractivity contribution >= 4 is 40.1 Å². The Balaban J connectivity index is 1.98. The van der Waals surface area contributed by atoms with Crippen molar-refractivity contribution in [3.63, 3.8) is 0 Å². The van der Waals surface area contributed by atoms with Crippen LogP contribution >= 0.6 is 24.0 Å². The minimum Gasteiger partial charge on any atom is -0.376 e. The number of rotatable bonds is 3. The predicted octanol–water partition coefficient (Wildman–Crippen LogP) is 0.905. The molecule has 0 aromatic heterocycles. The van der Waals surface area contributed by atoms with Crippen molar-refractivity contribution in [1.29, 1.82) is 0 Å². The number of likely N-dealkylation sites (tertiary alicyclic amines) is 1. The third-order valence-corrected chi connectivity index (χ3v) is 4.79. The molecule has 0 aliphatic carbocycles. The van der Waals surface area contributed by atoms with Crippen LogP contribution in [-0.2, 0) is 9.59 Å². The third kappa shape index (κ3) is 3.09. The fraction of sp³-hybridized carbons (Fsp3) is 0.583. The summed E-state index contributed by atoms with van der Waals surface area (Å²) in [6.07, 6.45) is 3.37. The first-order valence-corrected chi connectivity index (χ1v) is 7.54. The van der Waals surface area contributed by atoms with Crippen molar-refractivity contribution in [3.05, 3.63) is 11.1 Å². The van der Waals surface area contributed by atoms with Crippen LogP contribution < -0.4 is 5.73 Å². The van der Waals surface area contributed by atoms with Gasteiger partial charge in [-0.15, -0.1) is 0 Å². The number of carbonyl (C=O) groups excluding carboxylic acids is 2. The highest BCUT2D eigenvalue weighted by Gasteiger charge is 2.32. The number of thiocarbonyl (C=S) groups is 1. The van der Waals surface area contributed by atoms with E-state index in [2.05, 4.69) is 4.90 Å². The third-order valence-electron chi connectivity index (χ3n) is 3.42. The van der Waals surface area contributed by atoms with E-state index in [1.165, 1.54) is 11.8 Å². The number of hydrogen-bond acceptors (Lipinski definition) is 5. The number of nitrogens with two attached hydrogens (primary N) is 1. The molecule has 2 fully saturated rings. The molecule has 104 valence electrons. The minimum absolute atomic E-state index is 0.0190. The number of primary amides is 1. The molecule has 2 heterocycles. The smallest absolute Gasteiger partial charge is 0.267 e. The van der Waals surface area contributed by atoms with Crippen molar-refractivity contribution in [3.8, 4) is 0 Å². The Morgan fingerprint density at radius 1 is 1.53 bits per heavy atom. The van der Waals surface area contributed by atoms with Gasteiger partial charge in [0.1, 0.15) is 4.32 Å². The molecule has 2 amide bonds. The van der Waals surface area contributed by atoms with Gasteiger partial charge in [0.2, 0.25) is 5.91 Å². The van der Waals surface area contributed by atoms with Gasteiger partial charge in [-0.3, -0.25) is 14.5 Å². The zero-order chi connectivity index (χ0) is 14.0. The summed E-state index contributed by atoms with van der Waals surface area (Å²) in [5, 5.41) is 0. The van der Waals surface area contributed by atoms with Crippen LogP contribution in [-0.4, -0.2) is 45.6 Å². The Morgan fingerprint density at radius 2 is 2.16 bits per heavy atom. The lowest BCUT2D eigenvalue weighted by Crippen LogP contribution is -2.36. The van der Waals surface area contributed by atoms with E-state index in [-0.39, 0.29) is 17.7 Å². The van der Waals surface area contributed by atoms with Crippen LogP contribution in [0.4, 0.5) is 0 Å². The van der Waals surface area contributed by atoms with Crippen molar-refractivity contribution in [2.24, 2.45) is 11.7 Å². The molecule has 0 atom stereocenters. The molecular weight excluding hydrogens is 282 g/mol. The highest BCUT2D eigenvalue weighted by molar-refractivity contribution is 8.26. The van der Waals surface area contributed by atoms with E-state index in [9.17, 15) is 9.59 Å². The maximum atomic E-state index is 12.0. The Kier molecular flexibility index (Phi) is 4.46. The monoisotopic (exact) mass is 299 g/mol. The molecule has 2 rings (SSSR count). The molecule has 2 saturated heterocycles. The quantitative estimate of drug-likeness (QED) is 0.620. The number of nitrogens with zero attached hydrogens (tertiary/aromatic N) is 2. The highest BCUT2D eigenvalue weighted by Crippen LogP contribution is 2.31. The molecule has 0 bridgehead atoms. The van der Waals surface area contributed by atoms with Crippen molar-refractivity contribution in [1.82, 2.24) is 9.80 Å². The Hall–Kier alpha value is -1.08. The standard InChI is InChI=1S/C12H17N3O2S2/c1-2-15-11(17)9(19-12(15)18)7-14-5-3-8(4-6-14)10(13)16/h7-8H,2-6H2,1H3,(H2,13,16). The number of hydrogen-bond donors (Lipinski definition) is 1. The van der Waals surface area contributed by atoms with E-state index in [4.69, 9.17) is 18.0 Å². The van der Waals surface area contributed by atoms with Gasteiger partial charge in [0.05, 0.1) is 4.91 Å². The topological polar surface area (TPSA) is 66.6 Å². The number of likely N-dealkylation sites (N-methyl/N-ethyl adjacent to an activating group) is 1. The lowest BCUT2D eigenvalue weighted by atomic mass is 9.97. The lowest BCUT2D eigenvalue weighted by Gasteiger charge is -2.29. The molecule has 0 saturated carbocycles. The van der Waals surface area contributed by atoms with E-state index in [0.717, 1.165) is 25.9 Å². The predicted molar refractivity (Wildman–Crippen MR) is 79.2 cm³/mol. The van der Waals surface area contributed by atoms with E-state index in [1.807, 2.05) is 13.1 Å². The molecule has 0 unspecified atom stereocenters. The van der Waals surface area contributed by atoms with Crippen molar-refractivity contribution in [2.45, 2.75) is 19.8 Å². The number of piperidine rings is 1. The zero-order valence-electron chi connectivity index (χ0n) is 10.8. The second-order valence-electron chi connectivity index (χ2n) is 4.62. The van der Waals surface area contributed by atoms with Gasteiger partial charge < -0.3 is 10.6 Å². The molecule has 2 aliphatic rings. The molecule has 0 aromatic carbocycles. The van der Waals surface area contributed by atoms with Gasteiger partial charge in [0.25, 0.3) is 5.91 Å². The van der Waals surface area contributed by atoms with Gasteiger partial charge in [-0.05, 0) is 19.8 Å². The van der Waals surface area contributed by atoms with E-state index in [0.29, 0.717) is 15.8 Å². The van der Waals surface area contributed by atoms with E-state index in [1.54, 1.807) is 4.90 Å². The maximum absolute atomic E-state index is 12.0. The first kappa shape index (κ1) is 14.3. The van der Waals surface area contributed by atoms with Gasteiger partial charge in [-0.1, -0.05) is 24.0 Å². The average Bonchev–Trinajstić information content (AvgIpc) is 2.64. The van der Waals surface area contributed by atoms with Crippen molar-refractivity contribution < 1.29 is 9.59 Å². The van der Waals surface area contributed by atoms with Gasteiger partial charge in [-0.2, -0.15) is 0 Å². The summed E-state index contributed by atoms with van der Waals surface area (Å²) >= 11 is 6.50. The van der Waals surface area contributed by atoms with Crippen LogP contribution in [0.3, 0.4) is 0 Å².